The number of amides is 1. The van der Waals surface area contributed by atoms with E-state index in [9.17, 15) is 13.2 Å². The topological polar surface area (TPSA) is 54.5 Å². The number of terminal acetylenes is 1. The Balaban J connectivity index is 2.24. The molecular formula is C13H15NO3S2. The summed E-state index contributed by atoms with van der Waals surface area (Å²) in [5.74, 6) is 2.44. The molecule has 2 heterocycles. The lowest BCUT2D eigenvalue weighted by Gasteiger charge is -2.26. The molecule has 0 bridgehead atoms. The van der Waals surface area contributed by atoms with Crippen LogP contribution in [0.3, 0.4) is 0 Å². The summed E-state index contributed by atoms with van der Waals surface area (Å²) < 4.78 is 23.1. The standard InChI is InChI=1S/C13H15NO3S2/c1-3-6-14(11-5-8-19(16,17)9-11)13(15)12-10(2)4-7-18-12/h1,4,7,11H,5-6,8-9H2,2H3/t11-/m0/s1. The molecule has 1 atom stereocenters. The first-order chi connectivity index (χ1) is 8.94. The first kappa shape index (κ1) is 14.1. The smallest absolute Gasteiger partial charge is 0.265 e. The van der Waals surface area contributed by atoms with E-state index in [2.05, 4.69) is 5.92 Å². The zero-order valence-corrected chi connectivity index (χ0v) is 12.3. The van der Waals surface area contributed by atoms with Crippen LogP contribution in [0.4, 0.5) is 0 Å². The second kappa shape index (κ2) is 5.35. The Morgan fingerprint density at radius 2 is 2.37 bits per heavy atom. The van der Waals surface area contributed by atoms with Gasteiger partial charge in [-0.25, -0.2) is 8.42 Å². The summed E-state index contributed by atoms with van der Waals surface area (Å²) in [5.41, 5.74) is 0.901. The van der Waals surface area contributed by atoms with Crippen LogP contribution in [-0.4, -0.2) is 43.3 Å². The molecule has 0 aromatic carbocycles. The van der Waals surface area contributed by atoms with Gasteiger partial charge in [0, 0.05) is 6.04 Å². The van der Waals surface area contributed by atoms with E-state index in [1.165, 1.54) is 16.2 Å². The minimum absolute atomic E-state index is 0.0187. The van der Waals surface area contributed by atoms with Crippen LogP contribution in [-0.2, 0) is 9.84 Å². The average Bonchev–Trinajstić information content (AvgIpc) is 2.91. The molecule has 0 saturated carbocycles. The summed E-state index contributed by atoms with van der Waals surface area (Å²) in [4.78, 5) is 14.6. The zero-order chi connectivity index (χ0) is 14.0. The van der Waals surface area contributed by atoms with E-state index >= 15 is 0 Å². The van der Waals surface area contributed by atoms with Gasteiger partial charge >= 0.3 is 0 Å². The predicted octanol–water partition coefficient (Wildman–Crippen LogP) is 1.32. The number of carbonyl (C=O) groups is 1. The summed E-state index contributed by atoms with van der Waals surface area (Å²) in [6, 6.07) is 1.58. The van der Waals surface area contributed by atoms with Crippen LogP contribution in [0.2, 0.25) is 0 Å². The van der Waals surface area contributed by atoms with E-state index in [4.69, 9.17) is 6.42 Å². The number of aryl methyl sites for hydroxylation is 1. The Bertz CT molecular complexity index is 625. The molecule has 6 heteroatoms. The van der Waals surface area contributed by atoms with Gasteiger partial charge in [0.15, 0.2) is 9.84 Å². The average molecular weight is 297 g/mol. The maximum atomic E-state index is 12.5. The molecule has 1 aromatic heterocycles. The van der Waals surface area contributed by atoms with Crippen molar-refractivity contribution in [3.63, 3.8) is 0 Å². The molecule has 4 nitrogen and oxygen atoms in total. The lowest BCUT2D eigenvalue weighted by atomic mass is 10.2. The Labute approximate surface area is 117 Å². The predicted molar refractivity (Wildman–Crippen MR) is 76.0 cm³/mol. The molecule has 1 amide bonds. The molecule has 0 spiro atoms. The van der Waals surface area contributed by atoms with Crippen LogP contribution in [0.5, 0.6) is 0 Å². The highest BCUT2D eigenvalue weighted by molar-refractivity contribution is 7.91. The first-order valence-corrected chi connectivity index (χ1v) is 8.63. The molecule has 1 aliphatic heterocycles. The monoisotopic (exact) mass is 297 g/mol. The molecule has 0 N–H and O–H groups in total. The maximum absolute atomic E-state index is 12.5. The summed E-state index contributed by atoms with van der Waals surface area (Å²) in [5, 5.41) is 1.85. The van der Waals surface area contributed by atoms with Gasteiger partial charge in [0.05, 0.1) is 22.9 Å². The third kappa shape index (κ3) is 2.99. The van der Waals surface area contributed by atoms with E-state index in [0.717, 1.165) is 5.56 Å². The number of thiophene rings is 1. The van der Waals surface area contributed by atoms with Crippen molar-refractivity contribution in [2.45, 2.75) is 19.4 Å². The van der Waals surface area contributed by atoms with Gasteiger partial charge in [0.1, 0.15) is 0 Å². The first-order valence-electron chi connectivity index (χ1n) is 5.93. The van der Waals surface area contributed by atoms with Crippen LogP contribution in [0.1, 0.15) is 21.7 Å². The Morgan fingerprint density at radius 3 is 2.84 bits per heavy atom. The van der Waals surface area contributed by atoms with Gasteiger partial charge in [-0.05, 0) is 30.4 Å². The number of rotatable bonds is 3. The highest BCUT2D eigenvalue weighted by Gasteiger charge is 2.35. The van der Waals surface area contributed by atoms with Gasteiger partial charge in [0.25, 0.3) is 5.91 Å². The zero-order valence-electron chi connectivity index (χ0n) is 10.6. The minimum Gasteiger partial charge on any atom is -0.323 e. The molecule has 1 aliphatic rings. The number of sulfone groups is 1. The third-order valence-electron chi connectivity index (χ3n) is 3.23. The van der Waals surface area contributed by atoms with Crippen LogP contribution < -0.4 is 0 Å². The van der Waals surface area contributed by atoms with Gasteiger partial charge in [-0.2, -0.15) is 0 Å². The number of nitrogens with zero attached hydrogens (tertiary/aromatic N) is 1. The highest BCUT2D eigenvalue weighted by Crippen LogP contribution is 2.23. The van der Waals surface area contributed by atoms with Crippen LogP contribution in [0.25, 0.3) is 0 Å². The molecule has 0 radical (unpaired) electrons. The fourth-order valence-electron chi connectivity index (χ4n) is 2.21. The van der Waals surface area contributed by atoms with Crippen LogP contribution in [0, 0.1) is 19.3 Å². The third-order valence-corrected chi connectivity index (χ3v) is 5.98. The molecule has 19 heavy (non-hydrogen) atoms. The van der Waals surface area contributed by atoms with Gasteiger partial charge in [-0.1, -0.05) is 5.92 Å². The Morgan fingerprint density at radius 1 is 1.63 bits per heavy atom. The fraction of sp³-hybridized carbons (Fsp3) is 0.462. The van der Waals surface area contributed by atoms with Gasteiger partial charge in [0.2, 0.25) is 0 Å². The van der Waals surface area contributed by atoms with Crippen molar-refractivity contribution in [1.82, 2.24) is 4.90 Å². The van der Waals surface area contributed by atoms with E-state index in [1.54, 1.807) is 0 Å². The molecular weight excluding hydrogens is 282 g/mol. The van der Waals surface area contributed by atoms with E-state index in [-0.39, 0.29) is 30.0 Å². The number of carbonyl (C=O) groups excluding carboxylic acids is 1. The molecule has 2 rings (SSSR count). The minimum atomic E-state index is -3.03. The molecule has 102 valence electrons. The van der Waals surface area contributed by atoms with Crippen LogP contribution >= 0.6 is 11.3 Å². The number of hydrogen-bond donors (Lipinski definition) is 0. The largest absolute Gasteiger partial charge is 0.323 e. The molecule has 1 saturated heterocycles. The van der Waals surface area contributed by atoms with Crippen molar-refractivity contribution < 1.29 is 13.2 Å². The quantitative estimate of drug-likeness (QED) is 0.791. The Hall–Kier alpha value is -1.32. The van der Waals surface area contributed by atoms with E-state index in [1.807, 2.05) is 18.4 Å². The van der Waals surface area contributed by atoms with Crippen molar-refractivity contribution in [2.75, 3.05) is 18.1 Å². The summed E-state index contributed by atoms with van der Waals surface area (Å²) in [6.45, 7) is 2.01. The lowest BCUT2D eigenvalue weighted by molar-refractivity contribution is 0.0728. The fourth-order valence-corrected chi connectivity index (χ4v) is 4.82. The SMILES string of the molecule is C#CCN(C(=O)c1sccc1C)[C@H]1CCS(=O)(=O)C1. The second-order valence-electron chi connectivity index (χ2n) is 4.63. The van der Waals surface area contributed by atoms with Crippen molar-refractivity contribution in [3.05, 3.63) is 21.9 Å². The summed E-state index contributed by atoms with van der Waals surface area (Å²) in [7, 11) is -3.03. The summed E-state index contributed by atoms with van der Waals surface area (Å²) >= 11 is 1.36. The molecule has 1 aromatic rings. The van der Waals surface area contributed by atoms with Gasteiger partial charge in [-0.3, -0.25) is 4.79 Å². The van der Waals surface area contributed by atoms with Crippen molar-refractivity contribution in [2.24, 2.45) is 0 Å². The highest BCUT2D eigenvalue weighted by atomic mass is 32.2. The van der Waals surface area contributed by atoms with Gasteiger partial charge < -0.3 is 4.90 Å². The molecule has 0 aliphatic carbocycles. The lowest BCUT2D eigenvalue weighted by Crippen LogP contribution is -2.41. The normalized spacial score (nSPS) is 20.9. The van der Waals surface area contributed by atoms with E-state index < -0.39 is 9.84 Å². The van der Waals surface area contributed by atoms with E-state index in [0.29, 0.717) is 11.3 Å². The number of hydrogen-bond acceptors (Lipinski definition) is 4. The van der Waals surface area contributed by atoms with Gasteiger partial charge in [-0.15, -0.1) is 17.8 Å². The van der Waals surface area contributed by atoms with Crippen molar-refractivity contribution in [1.29, 1.82) is 0 Å². The maximum Gasteiger partial charge on any atom is 0.265 e. The molecule has 0 unspecified atom stereocenters. The molecule has 1 fully saturated rings. The van der Waals surface area contributed by atoms with Crippen molar-refractivity contribution in [3.8, 4) is 12.3 Å². The summed E-state index contributed by atoms with van der Waals surface area (Å²) in [6.07, 6.45) is 5.78. The van der Waals surface area contributed by atoms with Crippen molar-refractivity contribution >= 4 is 27.1 Å². The Kier molecular flexibility index (Phi) is 3.97. The van der Waals surface area contributed by atoms with Crippen LogP contribution in [0.15, 0.2) is 11.4 Å². The second-order valence-corrected chi connectivity index (χ2v) is 7.77.